The van der Waals surface area contributed by atoms with E-state index in [1.807, 2.05) is 0 Å². The Balaban J connectivity index is 2.59. The molecular formula is C14H17NO4. The van der Waals surface area contributed by atoms with Crippen LogP contribution in [0.25, 0.3) is 0 Å². The van der Waals surface area contributed by atoms with Gasteiger partial charge in [0.15, 0.2) is 0 Å². The van der Waals surface area contributed by atoms with E-state index in [4.69, 9.17) is 11.2 Å². The molecule has 2 unspecified atom stereocenters. The van der Waals surface area contributed by atoms with Gasteiger partial charge >= 0.3 is 0 Å². The summed E-state index contributed by atoms with van der Waals surface area (Å²) in [6, 6.07) is 6.57. The topological polar surface area (TPSA) is 78.8 Å². The van der Waals surface area contributed by atoms with E-state index in [1.165, 1.54) is 6.92 Å². The van der Waals surface area contributed by atoms with Crippen molar-refractivity contribution in [3.05, 3.63) is 29.8 Å². The second kappa shape index (κ2) is 7.41. The quantitative estimate of drug-likeness (QED) is 0.642. The van der Waals surface area contributed by atoms with Crippen LogP contribution in [0.2, 0.25) is 0 Å². The van der Waals surface area contributed by atoms with Gasteiger partial charge in [-0.05, 0) is 17.7 Å². The number of hydrogen-bond donors (Lipinski definition) is 3. The molecule has 2 atom stereocenters. The molecule has 0 saturated heterocycles. The molecular weight excluding hydrogens is 246 g/mol. The average Bonchev–Trinajstić information content (AvgIpc) is 2.42. The zero-order valence-corrected chi connectivity index (χ0v) is 10.7. The van der Waals surface area contributed by atoms with Crippen molar-refractivity contribution in [3.63, 3.8) is 0 Å². The lowest BCUT2D eigenvalue weighted by atomic mass is 10.0. The van der Waals surface area contributed by atoms with Gasteiger partial charge in [-0.15, -0.1) is 6.42 Å². The highest BCUT2D eigenvalue weighted by atomic mass is 16.5. The molecule has 0 aliphatic carbocycles. The first-order valence-electron chi connectivity index (χ1n) is 5.81. The summed E-state index contributed by atoms with van der Waals surface area (Å²) < 4.78 is 5.19. The molecule has 5 heteroatoms. The Hall–Kier alpha value is -2.03. The predicted octanol–water partition coefficient (Wildman–Crippen LogP) is 0.229. The summed E-state index contributed by atoms with van der Waals surface area (Å²) in [6.45, 7) is 1.51. The van der Waals surface area contributed by atoms with E-state index >= 15 is 0 Å². The lowest BCUT2D eigenvalue weighted by Crippen LogP contribution is -2.34. The van der Waals surface area contributed by atoms with Crippen LogP contribution in [0.1, 0.15) is 18.6 Å². The van der Waals surface area contributed by atoms with Crippen LogP contribution in [-0.4, -0.2) is 35.4 Å². The standard InChI is InChI=1S/C14H17NO4/c1-3-8-19-12-6-4-11(5-7-12)14(18)13(17)9-15-10(2)16/h1,4-7,13-14,17-18H,8-9H2,2H3,(H,15,16). The Morgan fingerprint density at radius 2 is 2.05 bits per heavy atom. The van der Waals surface area contributed by atoms with E-state index in [0.29, 0.717) is 11.3 Å². The predicted molar refractivity (Wildman–Crippen MR) is 70.4 cm³/mol. The SMILES string of the molecule is C#CCOc1ccc(C(O)C(O)CNC(C)=O)cc1. The Morgan fingerprint density at radius 3 is 2.58 bits per heavy atom. The molecule has 0 radical (unpaired) electrons. The van der Waals surface area contributed by atoms with Crippen molar-refractivity contribution in [3.8, 4) is 18.1 Å². The molecule has 0 aliphatic rings. The Bertz CT molecular complexity index is 450. The first-order chi connectivity index (χ1) is 9.04. The molecule has 0 saturated carbocycles. The molecule has 0 heterocycles. The highest BCUT2D eigenvalue weighted by molar-refractivity contribution is 5.72. The maximum absolute atomic E-state index is 10.7. The summed E-state index contributed by atoms with van der Waals surface area (Å²) in [5.41, 5.74) is 0.533. The van der Waals surface area contributed by atoms with Crippen LogP contribution in [-0.2, 0) is 4.79 Å². The molecule has 0 aliphatic heterocycles. The van der Waals surface area contributed by atoms with Crippen molar-refractivity contribution >= 4 is 5.91 Å². The Kier molecular flexibility index (Phi) is 5.86. The van der Waals surface area contributed by atoms with Gasteiger partial charge in [-0.25, -0.2) is 0 Å². The number of amides is 1. The molecule has 0 aromatic heterocycles. The van der Waals surface area contributed by atoms with Crippen molar-refractivity contribution in [2.75, 3.05) is 13.2 Å². The number of aliphatic hydroxyl groups is 2. The Labute approximate surface area is 112 Å². The molecule has 1 amide bonds. The maximum Gasteiger partial charge on any atom is 0.216 e. The van der Waals surface area contributed by atoms with Crippen LogP contribution in [0.4, 0.5) is 0 Å². The summed E-state index contributed by atoms with van der Waals surface area (Å²) in [6.07, 6.45) is 2.93. The van der Waals surface area contributed by atoms with Gasteiger partial charge in [0, 0.05) is 13.5 Å². The van der Waals surface area contributed by atoms with Crippen LogP contribution in [0.3, 0.4) is 0 Å². The van der Waals surface area contributed by atoms with E-state index in [1.54, 1.807) is 24.3 Å². The van der Waals surface area contributed by atoms with Crippen molar-refractivity contribution < 1.29 is 19.7 Å². The third-order valence-corrected chi connectivity index (χ3v) is 2.47. The monoisotopic (exact) mass is 263 g/mol. The number of hydrogen-bond acceptors (Lipinski definition) is 4. The molecule has 1 aromatic rings. The first-order valence-corrected chi connectivity index (χ1v) is 5.81. The molecule has 0 bridgehead atoms. The highest BCUT2D eigenvalue weighted by Gasteiger charge is 2.18. The summed E-state index contributed by atoms with van der Waals surface area (Å²) in [5.74, 6) is 2.68. The van der Waals surface area contributed by atoms with Crippen LogP contribution in [0, 0.1) is 12.3 Å². The number of aliphatic hydroxyl groups excluding tert-OH is 2. The largest absolute Gasteiger partial charge is 0.481 e. The van der Waals surface area contributed by atoms with Crippen molar-refractivity contribution in [1.82, 2.24) is 5.32 Å². The number of rotatable bonds is 6. The van der Waals surface area contributed by atoms with Gasteiger partial charge < -0.3 is 20.3 Å². The third kappa shape index (κ3) is 5.00. The lowest BCUT2D eigenvalue weighted by molar-refractivity contribution is -0.119. The van der Waals surface area contributed by atoms with Crippen LogP contribution in [0.5, 0.6) is 5.75 Å². The number of terminal acetylenes is 1. The smallest absolute Gasteiger partial charge is 0.216 e. The van der Waals surface area contributed by atoms with Crippen LogP contribution >= 0.6 is 0 Å². The Morgan fingerprint density at radius 1 is 1.42 bits per heavy atom. The molecule has 5 nitrogen and oxygen atoms in total. The fourth-order valence-corrected chi connectivity index (χ4v) is 1.47. The minimum atomic E-state index is -1.08. The van der Waals surface area contributed by atoms with E-state index in [9.17, 15) is 15.0 Å². The van der Waals surface area contributed by atoms with Gasteiger partial charge in [0.1, 0.15) is 24.6 Å². The van der Waals surface area contributed by atoms with E-state index < -0.39 is 12.2 Å². The van der Waals surface area contributed by atoms with Crippen molar-refractivity contribution in [2.45, 2.75) is 19.1 Å². The number of ether oxygens (including phenoxy) is 1. The van der Waals surface area contributed by atoms with Crippen LogP contribution in [0.15, 0.2) is 24.3 Å². The summed E-state index contributed by atoms with van der Waals surface area (Å²) in [4.78, 5) is 10.7. The minimum absolute atomic E-state index is 0.00809. The first kappa shape index (κ1) is 15.0. The zero-order chi connectivity index (χ0) is 14.3. The summed E-state index contributed by atoms with van der Waals surface area (Å²) in [7, 11) is 0. The van der Waals surface area contributed by atoms with Gasteiger partial charge in [-0.1, -0.05) is 18.1 Å². The normalized spacial score (nSPS) is 13.2. The molecule has 1 rings (SSSR count). The van der Waals surface area contributed by atoms with Gasteiger partial charge in [0.25, 0.3) is 0 Å². The van der Waals surface area contributed by atoms with Gasteiger partial charge in [0.05, 0.1) is 0 Å². The van der Waals surface area contributed by atoms with E-state index in [0.717, 1.165) is 0 Å². The molecule has 1 aromatic carbocycles. The molecule has 102 valence electrons. The van der Waals surface area contributed by atoms with Gasteiger partial charge in [0.2, 0.25) is 5.91 Å². The third-order valence-electron chi connectivity index (χ3n) is 2.47. The molecule has 0 spiro atoms. The van der Waals surface area contributed by atoms with Gasteiger partial charge in [-0.2, -0.15) is 0 Å². The average molecular weight is 263 g/mol. The highest BCUT2D eigenvalue weighted by Crippen LogP contribution is 2.20. The fourth-order valence-electron chi connectivity index (χ4n) is 1.47. The lowest BCUT2D eigenvalue weighted by Gasteiger charge is -2.18. The molecule has 0 fully saturated rings. The van der Waals surface area contributed by atoms with Gasteiger partial charge in [-0.3, -0.25) is 4.79 Å². The molecule has 3 N–H and O–H groups in total. The number of benzene rings is 1. The van der Waals surface area contributed by atoms with Crippen molar-refractivity contribution in [2.24, 2.45) is 0 Å². The maximum atomic E-state index is 10.7. The summed E-state index contributed by atoms with van der Waals surface area (Å²) >= 11 is 0. The van der Waals surface area contributed by atoms with E-state index in [2.05, 4.69) is 11.2 Å². The number of nitrogens with one attached hydrogen (secondary N) is 1. The molecule has 19 heavy (non-hydrogen) atoms. The van der Waals surface area contributed by atoms with Crippen LogP contribution < -0.4 is 10.1 Å². The summed E-state index contributed by atoms with van der Waals surface area (Å²) in [5, 5.41) is 22.0. The minimum Gasteiger partial charge on any atom is -0.481 e. The second-order valence-corrected chi connectivity index (χ2v) is 4.01. The second-order valence-electron chi connectivity index (χ2n) is 4.01. The van der Waals surface area contributed by atoms with E-state index in [-0.39, 0.29) is 19.1 Å². The fraction of sp³-hybridized carbons (Fsp3) is 0.357. The van der Waals surface area contributed by atoms with Crippen molar-refractivity contribution in [1.29, 1.82) is 0 Å². The number of carbonyl (C=O) groups is 1. The zero-order valence-electron chi connectivity index (χ0n) is 10.7. The number of carbonyl (C=O) groups excluding carboxylic acids is 1.